The molecule has 0 atom stereocenters. The Morgan fingerprint density at radius 3 is 2.50 bits per heavy atom. The maximum atomic E-state index is 12.5. The van der Waals surface area contributed by atoms with Gasteiger partial charge in [-0.15, -0.1) is 0 Å². The fourth-order valence-electron chi connectivity index (χ4n) is 1.47. The summed E-state index contributed by atoms with van der Waals surface area (Å²) in [7, 11) is 0. The van der Waals surface area contributed by atoms with Crippen LogP contribution in [0.15, 0.2) is 34.9 Å². The number of alkyl halides is 4. The van der Waals surface area contributed by atoms with Crippen molar-refractivity contribution >= 4 is 31.9 Å². The summed E-state index contributed by atoms with van der Waals surface area (Å²) in [6.07, 6.45) is -3.12. The van der Waals surface area contributed by atoms with Crippen molar-refractivity contribution in [2.24, 2.45) is 0 Å². The van der Waals surface area contributed by atoms with E-state index in [1.807, 2.05) is 12.1 Å². The van der Waals surface area contributed by atoms with Crippen molar-refractivity contribution in [3.63, 3.8) is 0 Å². The predicted molar refractivity (Wildman–Crippen MR) is 68.9 cm³/mol. The molecule has 0 saturated heterocycles. The highest BCUT2D eigenvalue weighted by atomic mass is 79.9. The third-order valence-corrected chi connectivity index (χ3v) is 3.42. The average Bonchev–Trinajstić information content (AvgIpc) is 2.77. The van der Waals surface area contributed by atoms with Gasteiger partial charge in [0.1, 0.15) is 0 Å². The van der Waals surface area contributed by atoms with E-state index in [2.05, 4.69) is 37.0 Å². The van der Waals surface area contributed by atoms with Crippen LogP contribution in [-0.4, -0.2) is 9.78 Å². The SMILES string of the molecule is FC(F)(F)c1ccn(-c2cc(Br)ccc2CBr)n1. The fraction of sp³-hybridized carbons (Fsp3) is 0.182. The Morgan fingerprint density at radius 1 is 1.22 bits per heavy atom. The molecule has 0 aliphatic rings. The van der Waals surface area contributed by atoms with Gasteiger partial charge in [-0.3, -0.25) is 0 Å². The molecule has 2 rings (SSSR count). The smallest absolute Gasteiger partial charge is 0.240 e. The monoisotopic (exact) mass is 382 g/mol. The minimum atomic E-state index is -4.42. The molecule has 2 aromatic rings. The van der Waals surface area contributed by atoms with Crippen LogP contribution in [0.25, 0.3) is 5.69 Å². The van der Waals surface area contributed by atoms with Gasteiger partial charge < -0.3 is 0 Å². The Morgan fingerprint density at radius 2 is 1.94 bits per heavy atom. The molecule has 0 radical (unpaired) electrons. The molecule has 0 aliphatic carbocycles. The van der Waals surface area contributed by atoms with Crippen molar-refractivity contribution in [2.45, 2.75) is 11.5 Å². The van der Waals surface area contributed by atoms with Crippen LogP contribution in [0.3, 0.4) is 0 Å². The van der Waals surface area contributed by atoms with Gasteiger partial charge in [0.15, 0.2) is 5.69 Å². The number of hydrogen-bond acceptors (Lipinski definition) is 1. The summed E-state index contributed by atoms with van der Waals surface area (Å²) < 4.78 is 39.5. The zero-order valence-electron chi connectivity index (χ0n) is 8.88. The van der Waals surface area contributed by atoms with E-state index < -0.39 is 11.9 Å². The van der Waals surface area contributed by atoms with Crippen LogP contribution in [0, 0.1) is 0 Å². The lowest BCUT2D eigenvalue weighted by Gasteiger charge is -2.08. The standard InChI is InChI=1S/C11H7Br2F3N2/c12-6-7-1-2-8(13)5-9(7)18-4-3-10(17-18)11(14,15)16/h1-5H,6H2. The van der Waals surface area contributed by atoms with E-state index in [0.29, 0.717) is 11.0 Å². The van der Waals surface area contributed by atoms with Gasteiger partial charge in [0.2, 0.25) is 0 Å². The normalized spacial score (nSPS) is 11.8. The fourth-order valence-corrected chi connectivity index (χ4v) is 2.30. The molecule has 0 bridgehead atoms. The largest absolute Gasteiger partial charge is 0.435 e. The third kappa shape index (κ3) is 2.77. The van der Waals surface area contributed by atoms with Crippen molar-refractivity contribution in [3.8, 4) is 5.69 Å². The van der Waals surface area contributed by atoms with Gasteiger partial charge in [-0.1, -0.05) is 37.9 Å². The molecular formula is C11H7Br2F3N2. The molecule has 18 heavy (non-hydrogen) atoms. The molecule has 0 fully saturated rings. The van der Waals surface area contributed by atoms with Gasteiger partial charge in [-0.25, -0.2) is 4.68 Å². The molecule has 7 heteroatoms. The highest BCUT2D eigenvalue weighted by Crippen LogP contribution is 2.29. The van der Waals surface area contributed by atoms with Gasteiger partial charge in [0.05, 0.1) is 5.69 Å². The summed E-state index contributed by atoms with van der Waals surface area (Å²) >= 11 is 6.59. The van der Waals surface area contributed by atoms with Gasteiger partial charge in [0, 0.05) is 16.0 Å². The van der Waals surface area contributed by atoms with Gasteiger partial charge >= 0.3 is 6.18 Å². The van der Waals surface area contributed by atoms with E-state index in [1.54, 1.807) is 6.07 Å². The number of benzene rings is 1. The molecule has 1 aromatic heterocycles. The number of rotatable bonds is 2. The van der Waals surface area contributed by atoms with Crippen molar-refractivity contribution < 1.29 is 13.2 Å². The molecule has 2 nitrogen and oxygen atoms in total. The highest BCUT2D eigenvalue weighted by Gasteiger charge is 2.33. The second-order valence-electron chi connectivity index (χ2n) is 3.55. The van der Waals surface area contributed by atoms with Crippen molar-refractivity contribution in [3.05, 3.63) is 46.2 Å². The lowest BCUT2D eigenvalue weighted by molar-refractivity contribution is -0.141. The van der Waals surface area contributed by atoms with Crippen molar-refractivity contribution in [1.29, 1.82) is 0 Å². The molecular weight excluding hydrogens is 377 g/mol. The molecule has 1 heterocycles. The molecule has 96 valence electrons. The molecule has 0 aliphatic heterocycles. The Labute approximate surface area is 118 Å². The number of nitrogens with zero attached hydrogens (tertiary/aromatic N) is 2. The predicted octanol–water partition coefficient (Wildman–Crippen LogP) is 4.55. The van der Waals surface area contributed by atoms with E-state index in [1.165, 1.54) is 10.9 Å². The van der Waals surface area contributed by atoms with E-state index in [9.17, 15) is 13.2 Å². The third-order valence-electron chi connectivity index (χ3n) is 2.32. The van der Waals surface area contributed by atoms with Gasteiger partial charge in [-0.05, 0) is 23.8 Å². The first-order valence-corrected chi connectivity index (χ1v) is 6.81. The zero-order chi connectivity index (χ0) is 13.3. The highest BCUT2D eigenvalue weighted by molar-refractivity contribution is 9.10. The number of aromatic nitrogens is 2. The topological polar surface area (TPSA) is 17.8 Å². The van der Waals surface area contributed by atoms with Crippen molar-refractivity contribution in [1.82, 2.24) is 9.78 Å². The maximum absolute atomic E-state index is 12.5. The number of halogens is 5. The van der Waals surface area contributed by atoms with Gasteiger partial charge in [0.25, 0.3) is 0 Å². The van der Waals surface area contributed by atoms with E-state index >= 15 is 0 Å². The Kier molecular flexibility index (Phi) is 3.82. The van der Waals surface area contributed by atoms with E-state index in [4.69, 9.17) is 0 Å². The van der Waals surface area contributed by atoms with Crippen LogP contribution in [-0.2, 0) is 11.5 Å². The van der Waals surface area contributed by atoms with Crippen LogP contribution in [0.1, 0.15) is 11.3 Å². The Bertz CT molecular complexity index is 564. The molecule has 1 aromatic carbocycles. The molecule has 0 N–H and O–H groups in total. The molecule has 0 spiro atoms. The van der Waals surface area contributed by atoms with Crippen LogP contribution in [0.4, 0.5) is 13.2 Å². The first-order valence-electron chi connectivity index (χ1n) is 4.89. The molecule has 0 amide bonds. The summed E-state index contributed by atoms with van der Waals surface area (Å²) in [4.78, 5) is 0. The summed E-state index contributed by atoms with van der Waals surface area (Å²) in [5.74, 6) is 0. The van der Waals surface area contributed by atoms with Crippen molar-refractivity contribution in [2.75, 3.05) is 0 Å². The Hall–Kier alpha value is -0.820. The summed E-state index contributed by atoms with van der Waals surface area (Å²) in [6.45, 7) is 0. The molecule has 0 unspecified atom stereocenters. The maximum Gasteiger partial charge on any atom is 0.435 e. The molecule has 0 saturated carbocycles. The summed E-state index contributed by atoms with van der Waals surface area (Å²) in [5.41, 5.74) is 0.565. The lowest BCUT2D eigenvalue weighted by atomic mass is 10.2. The summed E-state index contributed by atoms with van der Waals surface area (Å²) in [6, 6.07) is 6.33. The minimum absolute atomic E-state index is 0.539. The van der Waals surface area contributed by atoms with Crippen LogP contribution >= 0.6 is 31.9 Å². The zero-order valence-corrected chi connectivity index (χ0v) is 12.1. The second kappa shape index (κ2) is 5.05. The first-order chi connectivity index (χ1) is 8.41. The van der Waals surface area contributed by atoms with E-state index in [-0.39, 0.29) is 0 Å². The Balaban J connectivity index is 2.49. The van der Waals surface area contributed by atoms with Crippen LogP contribution in [0.5, 0.6) is 0 Å². The van der Waals surface area contributed by atoms with Gasteiger partial charge in [-0.2, -0.15) is 18.3 Å². The summed E-state index contributed by atoms with van der Waals surface area (Å²) in [5, 5.41) is 4.09. The van der Waals surface area contributed by atoms with Crippen LogP contribution < -0.4 is 0 Å². The first kappa shape index (κ1) is 13.6. The second-order valence-corrected chi connectivity index (χ2v) is 5.03. The number of hydrogen-bond donors (Lipinski definition) is 0. The quantitative estimate of drug-likeness (QED) is 0.695. The van der Waals surface area contributed by atoms with Crippen LogP contribution in [0.2, 0.25) is 0 Å². The van der Waals surface area contributed by atoms with E-state index in [0.717, 1.165) is 16.1 Å². The minimum Gasteiger partial charge on any atom is -0.240 e. The lowest BCUT2D eigenvalue weighted by Crippen LogP contribution is -2.08. The average molecular weight is 384 g/mol.